The molecule has 3 aliphatic rings. The Balaban J connectivity index is 1.85. The van der Waals surface area contributed by atoms with Crippen LogP contribution >= 0.6 is 0 Å². The molecule has 6 atom stereocenters. The van der Waals surface area contributed by atoms with Crippen molar-refractivity contribution in [3.8, 4) is 0 Å². The van der Waals surface area contributed by atoms with Crippen LogP contribution in [0.25, 0.3) is 0 Å². The standard InChI is InChI=1S/C13H22/c1-3-9-6-10-7-12(9)13-8(2)4-5-11(10)13/h8-13H,3-7H2,1-2H3. The van der Waals surface area contributed by atoms with Gasteiger partial charge in [-0.1, -0.05) is 26.7 Å². The average Bonchev–Trinajstić information content (AvgIpc) is 2.76. The van der Waals surface area contributed by atoms with Gasteiger partial charge in [0.25, 0.3) is 0 Å². The highest BCUT2D eigenvalue weighted by Gasteiger charge is 2.55. The van der Waals surface area contributed by atoms with Crippen LogP contribution in [0.4, 0.5) is 0 Å². The van der Waals surface area contributed by atoms with Gasteiger partial charge in [-0.2, -0.15) is 0 Å². The SMILES string of the molecule is CCC1CC2CC1C1C(C)CCC21. The summed E-state index contributed by atoms with van der Waals surface area (Å²) in [6.07, 6.45) is 7.77. The zero-order valence-corrected chi connectivity index (χ0v) is 9.00. The van der Waals surface area contributed by atoms with Crippen molar-refractivity contribution in [2.75, 3.05) is 0 Å². The van der Waals surface area contributed by atoms with Gasteiger partial charge in [-0.25, -0.2) is 0 Å². The number of rotatable bonds is 1. The molecular formula is C13H22. The van der Waals surface area contributed by atoms with E-state index in [0.717, 1.165) is 29.6 Å². The Kier molecular flexibility index (Phi) is 1.76. The van der Waals surface area contributed by atoms with Crippen LogP contribution in [0.3, 0.4) is 0 Å². The minimum absolute atomic E-state index is 1.06. The van der Waals surface area contributed by atoms with Crippen molar-refractivity contribution in [2.45, 2.75) is 46.0 Å². The molecule has 3 fully saturated rings. The summed E-state index contributed by atoms with van der Waals surface area (Å²) in [6.45, 7) is 4.91. The van der Waals surface area contributed by atoms with Crippen LogP contribution in [0.5, 0.6) is 0 Å². The summed E-state index contributed by atoms with van der Waals surface area (Å²) >= 11 is 0. The monoisotopic (exact) mass is 178 g/mol. The first-order chi connectivity index (χ1) is 6.31. The first-order valence-electron chi connectivity index (χ1n) is 6.31. The topological polar surface area (TPSA) is 0 Å². The minimum atomic E-state index is 1.06. The first kappa shape index (κ1) is 8.32. The molecule has 0 N–H and O–H groups in total. The van der Waals surface area contributed by atoms with Crippen molar-refractivity contribution >= 4 is 0 Å². The quantitative estimate of drug-likeness (QED) is 0.574. The van der Waals surface area contributed by atoms with E-state index in [1.165, 1.54) is 12.3 Å². The lowest BCUT2D eigenvalue weighted by Gasteiger charge is -2.33. The van der Waals surface area contributed by atoms with Crippen molar-refractivity contribution in [2.24, 2.45) is 35.5 Å². The maximum Gasteiger partial charge on any atom is -0.0326 e. The normalized spacial score (nSPS) is 58.6. The summed E-state index contributed by atoms with van der Waals surface area (Å²) in [6, 6.07) is 0. The van der Waals surface area contributed by atoms with E-state index in [4.69, 9.17) is 0 Å². The molecule has 0 nitrogen and oxygen atoms in total. The van der Waals surface area contributed by atoms with Gasteiger partial charge in [-0.3, -0.25) is 0 Å². The van der Waals surface area contributed by atoms with Crippen LogP contribution in [0.2, 0.25) is 0 Å². The molecule has 0 amide bonds. The number of hydrogen-bond acceptors (Lipinski definition) is 0. The van der Waals surface area contributed by atoms with E-state index in [0.29, 0.717) is 0 Å². The van der Waals surface area contributed by atoms with Gasteiger partial charge in [0.1, 0.15) is 0 Å². The van der Waals surface area contributed by atoms with Crippen LogP contribution in [0, 0.1) is 35.5 Å². The summed E-state index contributed by atoms with van der Waals surface area (Å²) in [7, 11) is 0. The van der Waals surface area contributed by atoms with Crippen LogP contribution < -0.4 is 0 Å². The summed E-state index contributed by atoms with van der Waals surface area (Å²) in [5.74, 6) is 6.81. The van der Waals surface area contributed by atoms with E-state index in [2.05, 4.69) is 13.8 Å². The van der Waals surface area contributed by atoms with Crippen molar-refractivity contribution in [3.05, 3.63) is 0 Å². The maximum atomic E-state index is 2.51. The van der Waals surface area contributed by atoms with E-state index in [-0.39, 0.29) is 0 Å². The molecule has 0 aromatic carbocycles. The molecule has 0 heteroatoms. The first-order valence-corrected chi connectivity index (χ1v) is 6.31. The second kappa shape index (κ2) is 2.74. The molecule has 0 spiro atoms. The van der Waals surface area contributed by atoms with E-state index in [1.54, 1.807) is 25.7 Å². The zero-order valence-electron chi connectivity index (χ0n) is 9.00. The van der Waals surface area contributed by atoms with Gasteiger partial charge >= 0.3 is 0 Å². The molecule has 13 heavy (non-hydrogen) atoms. The smallest absolute Gasteiger partial charge is 0.0326 e. The van der Waals surface area contributed by atoms with Gasteiger partial charge < -0.3 is 0 Å². The third-order valence-corrected chi connectivity index (χ3v) is 5.52. The fraction of sp³-hybridized carbons (Fsp3) is 1.00. The highest BCUT2D eigenvalue weighted by atomic mass is 14.6. The van der Waals surface area contributed by atoms with Crippen molar-refractivity contribution in [3.63, 3.8) is 0 Å². The molecule has 3 rings (SSSR count). The molecule has 0 aromatic rings. The minimum Gasteiger partial charge on any atom is -0.0651 e. The highest BCUT2D eigenvalue weighted by molar-refractivity contribution is 5.04. The predicted octanol–water partition coefficient (Wildman–Crippen LogP) is 3.71. The third kappa shape index (κ3) is 0.980. The molecule has 0 radical (unpaired) electrons. The molecule has 3 aliphatic carbocycles. The molecule has 74 valence electrons. The Bertz CT molecular complexity index is 208. The molecule has 0 aromatic heterocycles. The Morgan fingerprint density at radius 2 is 1.92 bits per heavy atom. The summed E-state index contributed by atoms with van der Waals surface area (Å²) in [4.78, 5) is 0. The van der Waals surface area contributed by atoms with Gasteiger partial charge in [-0.05, 0) is 54.8 Å². The van der Waals surface area contributed by atoms with Gasteiger partial charge in [0.15, 0.2) is 0 Å². The number of fused-ring (bicyclic) bond motifs is 5. The maximum absolute atomic E-state index is 2.51. The molecule has 3 saturated carbocycles. The fourth-order valence-corrected chi connectivity index (χ4v) is 5.04. The molecular weight excluding hydrogens is 156 g/mol. The largest absolute Gasteiger partial charge is 0.0651 e. The summed E-state index contributed by atoms with van der Waals surface area (Å²) in [5.41, 5.74) is 0. The zero-order chi connectivity index (χ0) is 9.00. The second-order valence-electron chi connectivity index (χ2n) is 5.86. The van der Waals surface area contributed by atoms with E-state index in [1.807, 2.05) is 0 Å². The molecule has 0 aliphatic heterocycles. The Morgan fingerprint density at radius 1 is 1.08 bits per heavy atom. The van der Waals surface area contributed by atoms with E-state index in [9.17, 15) is 0 Å². The van der Waals surface area contributed by atoms with Crippen molar-refractivity contribution in [1.82, 2.24) is 0 Å². The lowest BCUT2D eigenvalue weighted by molar-refractivity contribution is 0.156. The van der Waals surface area contributed by atoms with Crippen LogP contribution in [-0.4, -0.2) is 0 Å². The van der Waals surface area contributed by atoms with Gasteiger partial charge in [0.2, 0.25) is 0 Å². The van der Waals surface area contributed by atoms with E-state index < -0.39 is 0 Å². The average molecular weight is 178 g/mol. The van der Waals surface area contributed by atoms with Gasteiger partial charge in [-0.15, -0.1) is 0 Å². The van der Waals surface area contributed by atoms with Gasteiger partial charge in [0.05, 0.1) is 0 Å². The molecule has 0 heterocycles. The van der Waals surface area contributed by atoms with Crippen molar-refractivity contribution in [1.29, 1.82) is 0 Å². The molecule has 2 bridgehead atoms. The molecule has 6 unspecified atom stereocenters. The van der Waals surface area contributed by atoms with E-state index >= 15 is 0 Å². The van der Waals surface area contributed by atoms with Crippen LogP contribution in [0.1, 0.15) is 46.0 Å². The van der Waals surface area contributed by atoms with Crippen LogP contribution in [0.15, 0.2) is 0 Å². The van der Waals surface area contributed by atoms with Gasteiger partial charge in [0, 0.05) is 0 Å². The number of hydrogen-bond donors (Lipinski definition) is 0. The molecule has 0 saturated heterocycles. The Labute approximate surface area is 82.1 Å². The fourth-order valence-electron chi connectivity index (χ4n) is 5.04. The van der Waals surface area contributed by atoms with Crippen LogP contribution in [-0.2, 0) is 0 Å². The lowest BCUT2D eigenvalue weighted by Crippen LogP contribution is -2.26. The third-order valence-electron chi connectivity index (χ3n) is 5.52. The highest BCUT2D eigenvalue weighted by Crippen LogP contribution is 2.63. The lowest BCUT2D eigenvalue weighted by atomic mass is 9.72. The predicted molar refractivity (Wildman–Crippen MR) is 55.4 cm³/mol. The Hall–Kier alpha value is 0. The van der Waals surface area contributed by atoms with Crippen molar-refractivity contribution < 1.29 is 0 Å². The summed E-state index contributed by atoms with van der Waals surface area (Å²) in [5, 5.41) is 0. The Morgan fingerprint density at radius 3 is 2.69 bits per heavy atom. The summed E-state index contributed by atoms with van der Waals surface area (Å²) < 4.78 is 0. The second-order valence-corrected chi connectivity index (χ2v) is 5.86.